The third-order valence-corrected chi connectivity index (χ3v) is 3.00. The van der Waals surface area contributed by atoms with E-state index in [-0.39, 0.29) is 18.3 Å². The molecule has 1 N–H and O–H groups in total. The van der Waals surface area contributed by atoms with Crippen LogP contribution in [0.1, 0.15) is 18.9 Å². The van der Waals surface area contributed by atoms with E-state index in [4.69, 9.17) is 11.6 Å². The topological polar surface area (TPSA) is 32.3 Å². The smallest absolute Gasteiger partial charge is 0.223 e. The lowest BCUT2D eigenvalue weighted by atomic mass is 10.2. The highest BCUT2D eigenvalue weighted by Crippen LogP contribution is 2.20. The predicted octanol–water partition coefficient (Wildman–Crippen LogP) is 2.44. The summed E-state index contributed by atoms with van der Waals surface area (Å²) in [6, 6.07) is 4.52. The fourth-order valence-corrected chi connectivity index (χ4v) is 1.79. The molecule has 0 saturated carbocycles. The van der Waals surface area contributed by atoms with Crippen LogP contribution in [0.2, 0.25) is 5.02 Å². The highest BCUT2D eigenvalue weighted by molar-refractivity contribution is 6.31. The molecule has 0 radical (unpaired) electrons. The molecule has 0 bridgehead atoms. The Morgan fingerprint density at radius 3 is 2.83 bits per heavy atom. The number of rotatable bonds is 6. The van der Waals surface area contributed by atoms with Crippen LogP contribution in [-0.4, -0.2) is 30.9 Å². The molecular weight excluding hydrogens is 255 g/mol. The van der Waals surface area contributed by atoms with Crippen molar-refractivity contribution in [3.8, 4) is 0 Å². The number of nitrogens with zero attached hydrogens (tertiary/aromatic N) is 1. The number of benzene rings is 1. The van der Waals surface area contributed by atoms with Crippen LogP contribution in [0.3, 0.4) is 0 Å². The maximum Gasteiger partial charge on any atom is 0.223 e. The molecule has 0 heterocycles. The Morgan fingerprint density at radius 2 is 2.22 bits per heavy atom. The summed E-state index contributed by atoms with van der Waals surface area (Å²) in [6.45, 7) is 3.63. The Labute approximate surface area is 112 Å². The third kappa shape index (κ3) is 4.27. The minimum Gasteiger partial charge on any atom is -0.341 e. The molecule has 3 nitrogen and oxygen atoms in total. The zero-order chi connectivity index (χ0) is 13.5. The van der Waals surface area contributed by atoms with Crippen LogP contribution < -0.4 is 5.32 Å². The van der Waals surface area contributed by atoms with Crippen molar-refractivity contribution in [3.63, 3.8) is 0 Å². The lowest BCUT2D eigenvalue weighted by Crippen LogP contribution is -2.29. The number of halogens is 2. The van der Waals surface area contributed by atoms with Crippen LogP contribution in [0.4, 0.5) is 4.39 Å². The Hall–Kier alpha value is -1.13. The van der Waals surface area contributed by atoms with Gasteiger partial charge in [-0.1, -0.05) is 24.6 Å². The van der Waals surface area contributed by atoms with Gasteiger partial charge >= 0.3 is 0 Å². The van der Waals surface area contributed by atoms with Gasteiger partial charge in [-0.15, -0.1) is 0 Å². The number of hydrogen-bond acceptors (Lipinski definition) is 2. The first-order valence-corrected chi connectivity index (χ1v) is 6.31. The molecule has 0 spiro atoms. The number of carbonyl (C=O) groups excluding carboxylic acids is 1. The second-order valence-corrected chi connectivity index (χ2v) is 4.46. The van der Waals surface area contributed by atoms with E-state index >= 15 is 0 Å². The number of carbonyl (C=O) groups is 1. The summed E-state index contributed by atoms with van der Waals surface area (Å²) in [5.41, 5.74) is 0.360. The van der Waals surface area contributed by atoms with Crippen LogP contribution in [-0.2, 0) is 11.3 Å². The van der Waals surface area contributed by atoms with Gasteiger partial charge < -0.3 is 10.2 Å². The van der Waals surface area contributed by atoms with Gasteiger partial charge in [0.25, 0.3) is 0 Å². The number of amides is 1. The summed E-state index contributed by atoms with van der Waals surface area (Å²) in [5.74, 6) is -0.413. The summed E-state index contributed by atoms with van der Waals surface area (Å²) >= 11 is 5.91. The molecule has 5 heteroatoms. The van der Waals surface area contributed by atoms with Gasteiger partial charge in [-0.25, -0.2) is 4.39 Å². The van der Waals surface area contributed by atoms with E-state index in [1.54, 1.807) is 19.2 Å². The quantitative estimate of drug-likeness (QED) is 0.807. The normalized spacial score (nSPS) is 10.4. The Balaban J connectivity index is 2.58. The molecule has 0 aromatic heterocycles. The highest BCUT2D eigenvalue weighted by Gasteiger charge is 2.13. The van der Waals surface area contributed by atoms with Gasteiger partial charge in [0.2, 0.25) is 5.91 Å². The lowest BCUT2D eigenvalue weighted by molar-refractivity contribution is -0.130. The van der Waals surface area contributed by atoms with Gasteiger partial charge in [0.05, 0.1) is 0 Å². The maximum absolute atomic E-state index is 13.5. The monoisotopic (exact) mass is 272 g/mol. The molecule has 0 unspecified atom stereocenters. The Bertz CT molecular complexity index is 392. The molecule has 0 fully saturated rings. The molecule has 1 amide bonds. The second-order valence-electron chi connectivity index (χ2n) is 4.05. The summed E-state index contributed by atoms with van der Waals surface area (Å²) < 4.78 is 13.5. The van der Waals surface area contributed by atoms with E-state index in [0.717, 1.165) is 6.54 Å². The van der Waals surface area contributed by atoms with Crippen molar-refractivity contribution in [2.45, 2.75) is 19.9 Å². The number of nitrogens with one attached hydrogen (secondary N) is 1. The van der Waals surface area contributed by atoms with E-state index in [9.17, 15) is 9.18 Å². The maximum atomic E-state index is 13.5. The molecule has 18 heavy (non-hydrogen) atoms. The standard InChI is InChI=1S/C13H18ClFN2O/c1-3-16-8-7-13(18)17(2)9-10-11(14)5-4-6-12(10)15/h4-6,16H,3,7-9H2,1-2H3. The zero-order valence-electron chi connectivity index (χ0n) is 10.7. The predicted molar refractivity (Wildman–Crippen MR) is 71.0 cm³/mol. The van der Waals surface area contributed by atoms with E-state index < -0.39 is 0 Å². The average Bonchev–Trinajstić information content (AvgIpc) is 2.34. The molecule has 0 saturated heterocycles. The van der Waals surface area contributed by atoms with E-state index in [1.165, 1.54) is 11.0 Å². The molecule has 100 valence electrons. The zero-order valence-corrected chi connectivity index (χ0v) is 11.4. The highest BCUT2D eigenvalue weighted by atomic mass is 35.5. The van der Waals surface area contributed by atoms with Gasteiger partial charge in [0, 0.05) is 37.1 Å². The average molecular weight is 273 g/mol. The summed E-state index contributed by atoms with van der Waals surface area (Å²) in [4.78, 5) is 13.3. The molecule has 0 aliphatic carbocycles. The van der Waals surface area contributed by atoms with Gasteiger partial charge in [0.1, 0.15) is 5.82 Å². The van der Waals surface area contributed by atoms with Gasteiger partial charge in [-0.2, -0.15) is 0 Å². The van der Waals surface area contributed by atoms with Crippen LogP contribution in [0.25, 0.3) is 0 Å². The minimum atomic E-state index is -0.381. The molecule has 1 rings (SSSR count). The molecule has 1 aromatic carbocycles. The van der Waals surface area contributed by atoms with Crippen LogP contribution >= 0.6 is 11.6 Å². The third-order valence-electron chi connectivity index (χ3n) is 2.65. The molecule has 0 aliphatic heterocycles. The van der Waals surface area contributed by atoms with Crippen molar-refractivity contribution in [1.82, 2.24) is 10.2 Å². The van der Waals surface area contributed by atoms with Gasteiger partial charge in [-0.05, 0) is 18.7 Å². The Kier molecular flexibility index (Phi) is 6.09. The second kappa shape index (κ2) is 7.34. The van der Waals surface area contributed by atoms with Crippen LogP contribution in [0, 0.1) is 5.82 Å². The first-order chi connectivity index (χ1) is 8.56. The van der Waals surface area contributed by atoms with Gasteiger partial charge in [0.15, 0.2) is 0 Å². The van der Waals surface area contributed by atoms with Crippen molar-refractivity contribution in [3.05, 3.63) is 34.6 Å². The fraction of sp³-hybridized carbons (Fsp3) is 0.462. The fourth-order valence-electron chi connectivity index (χ4n) is 1.57. The summed E-state index contributed by atoms with van der Waals surface area (Å²) in [7, 11) is 1.65. The molecule has 0 atom stereocenters. The van der Waals surface area contributed by atoms with E-state index in [1.807, 2.05) is 6.92 Å². The number of hydrogen-bond donors (Lipinski definition) is 1. The van der Waals surface area contributed by atoms with Crippen LogP contribution in [0.5, 0.6) is 0 Å². The lowest BCUT2D eigenvalue weighted by Gasteiger charge is -2.18. The van der Waals surface area contributed by atoms with Crippen molar-refractivity contribution < 1.29 is 9.18 Å². The van der Waals surface area contributed by atoms with Crippen molar-refractivity contribution in [2.24, 2.45) is 0 Å². The molecular formula is C13H18ClFN2O. The van der Waals surface area contributed by atoms with Crippen LogP contribution in [0.15, 0.2) is 18.2 Å². The van der Waals surface area contributed by atoms with Crippen molar-refractivity contribution in [2.75, 3.05) is 20.1 Å². The summed E-state index contributed by atoms with van der Waals surface area (Å²) in [6.07, 6.45) is 0.399. The van der Waals surface area contributed by atoms with Gasteiger partial charge in [-0.3, -0.25) is 4.79 Å². The molecule has 1 aromatic rings. The van der Waals surface area contributed by atoms with E-state index in [2.05, 4.69) is 5.32 Å². The first-order valence-electron chi connectivity index (χ1n) is 5.93. The van der Waals surface area contributed by atoms with Crippen molar-refractivity contribution in [1.29, 1.82) is 0 Å². The summed E-state index contributed by atoms with van der Waals surface area (Å²) in [5, 5.41) is 3.42. The SMILES string of the molecule is CCNCCC(=O)N(C)Cc1c(F)cccc1Cl. The minimum absolute atomic E-state index is 0.0322. The molecule has 0 aliphatic rings. The van der Waals surface area contributed by atoms with E-state index in [0.29, 0.717) is 23.6 Å². The Morgan fingerprint density at radius 1 is 1.50 bits per heavy atom. The van der Waals surface area contributed by atoms with Crippen molar-refractivity contribution >= 4 is 17.5 Å². The largest absolute Gasteiger partial charge is 0.341 e. The first kappa shape index (κ1) is 14.9.